The molecular formula is C12H13NO2S. The maximum atomic E-state index is 11.7. The highest BCUT2D eigenvalue weighted by molar-refractivity contribution is 7.08. The van der Waals surface area contributed by atoms with Gasteiger partial charge in [-0.3, -0.25) is 4.79 Å². The average Bonchev–Trinajstić information content (AvgIpc) is 2.88. The molecular weight excluding hydrogens is 222 g/mol. The fourth-order valence-corrected chi connectivity index (χ4v) is 2.12. The number of carbonyl (C=O) groups excluding carboxylic acids is 1. The zero-order chi connectivity index (χ0) is 11.4. The third-order valence-electron chi connectivity index (χ3n) is 2.25. The van der Waals surface area contributed by atoms with Gasteiger partial charge in [0.1, 0.15) is 5.76 Å². The molecule has 0 aliphatic rings. The number of thiophene rings is 1. The van der Waals surface area contributed by atoms with Crippen molar-refractivity contribution in [3.8, 4) is 0 Å². The second kappa shape index (κ2) is 4.99. The van der Waals surface area contributed by atoms with Crippen LogP contribution in [0.3, 0.4) is 0 Å². The molecule has 2 rings (SSSR count). The zero-order valence-electron chi connectivity index (χ0n) is 8.97. The number of amides is 1. The minimum absolute atomic E-state index is 0.0275. The summed E-state index contributed by atoms with van der Waals surface area (Å²) in [5, 5.41) is 6.67. The Hall–Kier alpha value is -1.55. The molecule has 1 amide bonds. The van der Waals surface area contributed by atoms with E-state index in [0.29, 0.717) is 6.42 Å². The van der Waals surface area contributed by atoms with Crippen LogP contribution in [0.2, 0.25) is 0 Å². The maximum Gasteiger partial charge on any atom is 0.252 e. The van der Waals surface area contributed by atoms with E-state index in [4.69, 9.17) is 4.42 Å². The highest BCUT2D eigenvalue weighted by Crippen LogP contribution is 2.07. The molecule has 0 saturated carbocycles. The summed E-state index contributed by atoms with van der Waals surface area (Å²) in [5.74, 6) is 0.860. The molecule has 16 heavy (non-hydrogen) atoms. The molecule has 0 radical (unpaired) electrons. The van der Waals surface area contributed by atoms with Gasteiger partial charge in [-0.15, -0.1) is 0 Å². The van der Waals surface area contributed by atoms with Gasteiger partial charge in [-0.05, 0) is 30.5 Å². The number of rotatable bonds is 4. The number of hydrogen-bond donors (Lipinski definition) is 1. The van der Waals surface area contributed by atoms with Crippen molar-refractivity contribution in [3.05, 3.63) is 46.5 Å². The molecule has 0 bridgehead atoms. The van der Waals surface area contributed by atoms with Crippen molar-refractivity contribution in [3.63, 3.8) is 0 Å². The van der Waals surface area contributed by atoms with Crippen molar-refractivity contribution in [1.29, 1.82) is 0 Å². The lowest BCUT2D eigenvalue weighted by atomic mass is 10.2. The smallest absolute Gasteiger partial charge is 0.252 e. The van der Waals surface area contributed by atoms with E-state index in [2.05, 4.69) is 5.32 Å². The summed E-state index contributed by atoms with van der Waals surface area (Å²) in [6.07, 6.45) is 2.35. The van der Waals surface area contributed by atoms with Crippen molar-refractivity contribution in [1.82, 2.24) is 5.32 Å². The van der Waals surface area contributed by atoms with E-state index in [-0.39, 0.29) is 11.9 Å². The van der Waals surface area contributed by atoms with Crippen LogP contribution in [0.4, 0.5) is 0 Å². The largest absolute Gasteiger partial charge is 0.469 e. The molecule has 0 spiro atoms. The first kappa shape index (κ1) is 11.0. The highest BCUT2D eigenvalue weighted by atomic mass is 32.1. The van der Waals surface area contributed by atoms with Gasteiger partial charge in [-0.2, -0.15) is 11.3 Å². The first-order valence-corrected chi connectivity index (χ1v) is 6.05. The van der Waals surface area contributed by atoms with Crippen LogP contribution in [0, 0.1) is 0 Å². The van der Waals surface area contributed by atoms with E-state index in [9.17, 15) is 4.79 Å². The molecule has 2 aromatic heterocycles. The second-order valence-electron chi connectivity index (χ2n) is 3.67. The quantitative estimate of drug-likeness (QED) is 0.885. The topological polar surface area (TPSA) is 42.2 Å². The fourth-order valence-electron chi connectivity index (χ4n) is 1.48. The van der Waals surface area contributed by atoms with Crippen molar-refractivity contribution in [2.24, 2.45) is 0 Å². The van der Waals surface area contributed by atoms with Gasteiger partial charge >= 0.3 is 0 Å². The van der Waals surface area contributed by atoms with Gasteiger partial charge in [0, 0.05) is 23.4 Å². The second-order valence-corrected chi connectivity index (χ2v) is 4.45. The molecule has 1 N–H and O–H groups in total. The first-order valence-electron chi connectivity index (χ1n) is 5.11. The van der Waals surface area contributed by atoms with Crippen molar-refractivity contribution in [2.45, 2.75) is 19.4 Å². The summed E-state index contributed by atoms with van der Waals surface area (Å²) in [5.41, 5.74) is 0.719. The molecule has 0 fully saturated rings. The first-order chi connectivity index (χ1) is 7.75. The van der Waals surface area contributed by atoms with E-state index in [0.717, 1.165) is 11.3 Å². The molecule has 2 heterocycles. The van der Waals surface area contributed by atoms with Gasteiger partial charge in [-0.25, -0.2) is 0 Å². The molecule has 0 saturated heterocycles. The van der Waals surface area contributed by atoms with Crippen LogP contribution in [0.15, 0.2) is 39.6 Å². The van der Waals surface area contributed by atoms with Crippen molar-refractivity contribution < 1.29 is 9.21 Å². The molecule has 84 valence electrons. The SMILES string of the molecule is C[C@H](Cc1ccco1)NC(=O)c1ccsc1. The normalized spacial score (nSPS) is 12.3. The van der Waals surface area contributed by atoms with Crippen LogP contribution in [0.25, 0.3) is 0 Å². The summed E-state index contributed by atoms with van der Waals surface area (Å²) < 4.78 is 5.23. The highest BCUT2D eigenvalue weighted by Gasteiger charge is 2.11. The van der Waals surface area contributed by atoms with Crippen LogP contribution < -0.4 is 5.32 Å². The van der Waals surface area contributed by atoms with Crippen LogP contribution in [0.5, 0.6) is 0 Å². The Morgan fingerprint density at radius 2 is 2.44 bits per heavy atom. The summed E-state index contributed by atoms with van der Waals surface area (Å²) in [6, 6.07) is 5.65. The summed E-state index contributed by atoms with van der Waals surface area (Å²) >= 11 is 1.52. The van der Waals surface area contributed by atoms with E-state index >= 15 is 0 Å². The number of hydrogen-bond acceptors (Lipinski definition) is 3. The summed E-state index contributed by atoms with van der Waals surface area (Å²) in [6.45, 7) is 1.97. The minimum atomic E-state index is -0.0275. The van der Waals surface area contributed by atoms with Gasteiger partial charge in [0.25, 0.3) is 5.91 Å². The Kier molecular flexibility index (Phi) is 3.41. The third kappa shape index (κ3) is 2.73. The fraction of sp³-hybridized carbons (Fsp3) is 0.250. The average molecular weight is 235 g/mol. The third-order valence-corrected chi connectivity index (χ3v) is 2.93. The van der Waals surface area contributed by atoms with Crippen molar-refractivity contribution in [2.75, 3.05) is 0 Å². The lowest BCUT2D eigenvalue weighted by Crippen LogP contribution is -2.33. The predicted octanol–water partition coefficient (Wildman–Crippen LogP) is 2.70. The summed E-state index contributed by atoms with van der Waals surface area (Å²) in [7, 11) is 0. The van der Waals surface area contributed by atoms with Crippen molar-refractivity contribution >= 4 is 17.2 Å². The van der Waals surface area contributed by atoms with Gasteiger partial charge in [-0.1, -0.05) is 0 Å². The molecule has 0 aliphatic carbocycles. The lowest BCUT2D eigenvalue weighted by molar-refractivity contribution is 0.0940. The van der Waals surface area contributed by atoms with Gasteiger partial charge in [0.15, 0.2) is 0 Å². The molecule has 4 heteroatoms. The lowest BCUT2D eigenvalue weighted by Gasteiger charge is -2.11. The predicted molar refractivity (Wildman–Crippen MR) is 63.7 cm³/mol. The van der Waals surface area contributed by atoms with Crippen LogP contribution in [0.1, 0.15) is 23.0 Å². The van der Waals surface area contributed by atoms with E-state index < -0.39 is 0 Å². The van der Waals surface area contributed by atoms with E-state index in [1.54, 1.807) is 6.26 Å². The van der Waals surface area contributed by atoms with Crippen LogP contribution in [-0.4, -0.2) is 11.9 Å². The Balaban J connectivity index is 1.88. The van der Waals surface area contributed by atoms with Gasteiger partial charge < -0.3 is 9.73 Å². The summed E-state index contributed by atoms with van der Waals surface area (Å²) in [4.78, 5) is 11.7. The standard InChI is InChI=1S/C12H13NO2S/c1-9(7-11-3-2-5-15-11)13-12(14)10-4-6-16-8-10/h2-6,8-9H,7H2,1H3,(H,13,14)/t9-/m1/s1. The molecule has 3 nitrogen and oxygen atoms in total. The maximum absolute atomic E-state index is 11.7. The molecule has 1 atom stereocenters. The number of furan rings is 1. The van der Waals surface area contributed by atoms with E-state index in [1.165, 1.54) is 11.3 Å². The zero-order valence-corrected chi connectivity index (χ0v) is 9.79. The molecule has 2 aromatic rings. The Morgan fingerprint density at radius 1 is 1.56 bits per heavy atom. The monoisotopic (exact) mass is 235 g/mol. The van der Waals surface area contributed by atoms with E-state index in [1.807, 2.05) is 35.9 Å². The van der Waals surface area contributed by atoms with Gasteiger partial charge in [0.05, 0.1) is 6.26 Å². The van der Waals surface area contributed by atoms with Crippen LogP contribution in [-0.2, 0) is 6.42 Å². The number of nitrogens with one attached hydrogen (secondary N) is 1. The minimum Gasteiger partial charge on any atom is -0.469 e. The Labute approximate surface area is 98.1 Å². The Bertz CT molecular complexity index is 434. The molecule has 0 aromatic carbocycles. The molecule has 0 unspecified atom stereocenters. The van der Waals surface area contributed by atoms with Gasteiger partial charge in [0.2, 0.25) is 0 Å². The van der Waals surface area contributed by atoms with Crippen LogP contribution >= 0.6 is 11.3 Å². The Morgan fingerprint density at radius 3 is 3.06 bits per heavy atom. The number of carbonyl (C=O) groups is 1. The molecule has 0 aliphatic heterocycles.